The molecule has 0 saturated carbocycles. The molecular weight excluding hydrogens is 513 g/mol. The summed E-state index contributed by atoms with van der Waals surface area (Å²) in [7, 11) is 0. The molecule has 1 amide bonds. The number of aromatic nitrogens is 1. The van der Waals surface area contributed by atoms with Crippen LogP contribution in [0, 0.1) is 10.1 Å². The van der Waals surface area contributed by atoms with Crippen LogP contribution in [0.2, 0.25) is 10.0 Å². The molecule has 1 aromatic heterocycles. The zero-order valence-electron chi connectivity index (χ0n) is 17.5. The number of Topliss-reactive ketones (excluding diaryl/α,β-unsaturated/α-hetero) is 1. The lowest BCUT2D eigenvalue weighted by molar-refractivity contribution is -0.384. The highest BCUT2D eigenvalue weighted by atomic mass is 35.5. The number of rotatable bonds is 4. The quantitative estimate of drug-likeness (QED) is 0.112. The first-order valence-electron chi connectivity index (χ1n) is 10.1. The summed E-state index contributed by atoms with van der Waals surface area (Å²) in [5.41, 5.74) is 0.941. The average molecular weight is 526 g/mol. The molecule has 0 spiro atoms. The molecule has 1 N–H and O–H groups in total. The lowest BCUT2D eigenvalue weighted by Crippen LogP contribution is -2.29. The van der Waals surface area contributed by atoms with Crippen molar-refractivity contribution in [2.24, 2.45) is 0 Å². The molecule has 8 nitrogen and oxygen atoms in total. The second-order valence-corrected chi connectivity index (χ2v) is 9.52. The van der Waals surface area contributed by atoms with Crippen LogP contribution in [0.5, 0.6) is 0 Å². The van der Waals surface area contributed by atoms with Gasteiger partial charge < -0.3 is 5.11 Å². The number of aliphatic hydroxyl groups excluding tert-OH is 1. The molecule has 0 aliphatic carbocycles. The summed E-state index contributed by atoms with van der Waals surface area (Å²) in [5.74, 6) is -2.18. The van der Waals surface area contributed by atoms with Crippen molar-refractivity contribution in [3.63, 3.8) is 0 Å². The first kappa shape index (κ1) is 23.0. The number of nitro groups is 1. The number of anilines is 1. The van der Waals surface area contributed by atoms with Gasteiger partial charge in [0.2, 0.25) is 0 Å². The molecular formula is C24H13Cl2N3O5S. The molecule has 3 aromatic carbocycles. The van der Waals surface area contributed by atoms with Crippen LogP contribution in [0.4, 0.5) is 10.8 Å². The van der Waals surface area contributed by atoms with Crippen molar-refractivity contribution < 1.29 is 19.6 Å². The Hall–Kier alpha value is -3.79. The molecule has 4 aromatic rings. The lowest BCUT2D eigenvalue weighted by Gasteiger charge is -2.22. The standard InChI is InChI=1S/C24H13Cl2N3O5S/c25-14-5-1-13(2-6-14)21(30)19-20(12-3-8-16(9-4-12)29(33)34)28(23(32)22(19)31)24-27-17-10-7-15(26)11-18(17)35-24/h1-11,20,30H. The Kier molecular flexibility index (Phi) is 5.76. The summed E-state index contributed by atoms with van der Waals surface area (Å²) in [6.07, 6.45) is 0. The Balaban J connectivity index is 1.72. The minimum atomic E-state index is -1.07. The maximum Gasteiger partial charge on any atom is 0.301 e. The Morgan fingerprint density at radius 1 is 1.00 bits per heavy atom. The van der Waals surface area contributed by atoms with Gasteiger partial charge in [0.1, 0.15) is 5.76 Å². The fourth-order valence-electron chi connectivity index (χ4n) is 3.88. The van der Waals surface area contributed by atoms with E-state index >= 15 is 0 Å². The van der Waals surface area contributed by atoms with E-state index < -0.39 is 28.4 Å². The number of nitrogens with zero attached hydrogens (tertiary/aromatic N) is 3. The maximum absolute atomic E-state index is 13.3. The van der Waals surface area contributed by atoms with Crippen molar-refractivity contribution >= 4 is 73.0 Å². The maximum atomic E-state index is 13.3. The van der Waals surface area contributed by atoms with Crippen LogP contribution < -0.4 is 4.90 Å². The van der Waals surface area contributed by atoms with E-state index in [2.05, 4.69) is 4.98 Å². The summed E-state index contributed by atoms with van der Waals surface area (Å²) in [6, 6.07) is 15.6. The zero-order chi connectivity index (χ0) is 24.9. The van der Waals surface area contributed by atoms with Crippen LogP contribution in [-0.4, -0.2) is 26.7 Å². The molecule has 0 radical (unpaired) electrons. The number of carbonyl (C=O) groups is 2. The number of thiazole rings is 1. The van der Waals surface area contributed by atoms with Crippen molar-refractivity contribution in [2.45, 2.75) is 6.04 Å². The minimum absolute atomic E-state index is 0.155. The van der Waals surface area contributed by atoms with Crippen molar-refractivity contribution in [1.82, 2.24) is 4.98 Å². The molecule has 1 saturated heterocycles. The molecule has 1 atom stereocenters. The SMILES string of the molecule is O=C1C(=O)N(c2nc3ccc(Cl)cc3s2)C(c2ccc([N+](=O)[O-])cc2)C1=C(O)c1ccc(Cl)cc1. The van der Waals surface area contributed by atoms with E-state index in [0.29, 0.717) is 25.8 Å². The largest absolute Gasteiger partial charge is 0.507 e. The minimum Gasteiger partial charge on any atom is -0.507 e. The second kappa shape index (κ2) is 8.77. The van der Waals surface area contributed by atoms with Crippen molar-refractivity contribution in [3.8, 4) is 0 Å². The molecule has 35 heavy (non-hydrogen) atoms. The molecule has 1 aliphatic heterocycles. The number of amides is 1. The molecule has 2 heterocycles. The first-order chi connectivity index (χ1) is 16.7. The van der Waals surface area contributed by atoms with Gasteiger partial charge in [0.15, 0.2) is 5.13 Å². The van der Waals surface area contributed by atoms with Gasteiger partial charge in [-0.1, -0.05) is 34.5 Å². The Labute approximate surface area is 211 Å². The first-order valence-corrected chi connectivity index (χ1v) is 11.7. The van der Waals surface area contributed by atoms with E-state index in [1.807, 2.05) is 0 Å². The van der Waals surface area contributed by atoms with Crippen LogP contribution in [0.3, 0.4) is 0 Å². The van der Waals surface area contributed by atoms with Gasteiger partial charge in [-0.05, 0) is 60.2 Å². The van der Waals surface area contributed by atoms with Crippen LogP contribution in [0.1, 0.15) is 17.2 Å². The fraction of sp³-hybridized carbons (Fsp3) is 0.0417. The van der Waals surface area contributed by atoms with Gasteiger partial charge >= 0.3 is 5.91 Å². The molecule has 5 rings (SSSR count). The number of non-ortho nitro benzene ring substituents is 1. The third kappa shape index (κ3) is 4.03. The third-order valence-electron chi connectivity index (χ3n) is 5.53. The number of aliphatic hydroxyl groups is 1. The van der Waals surface area contributed by atoms with Crippen molar-refractivity contribution in [3.05, 3.63) is 104 Å². The number of hydrogen-bond acceptors (Lipinski definition) is 7. The van der Waals surface area contributed by atoms with Crippen LogP contribution in [-0.2, 0) is 9.59 Å². The van der Waals surface area contributed by atoms with Gasteiger partial charge in [-0.3, -0.25) is 24.6 Å². The van der Waals surface area contributed by atoms with Gasteiger partial charge in [0.25, 0.3) is 11.5 Å². The number of carbonyl (C=O) groups excluding carboxylic acids is 2. The number of ketones is 1. The number of nitro benzene ring substituents is 1. The highest BCUT2D eigenvalue weighted by Gasteiger charge is 2.48. The molecule has 11 heteroatoms. The molecule has 174 valence electrons. The summed E-state index contributed by atoms with van der Waals surface area (Å²) in [4.78, 5) is 42.8. The Morgan fingerprint density at radius 2 is 1.66 bits per heavy atom. The number of hydrogen-bond donors (Lipinski definition) is 1. The van der Waals surface area contributed by atoms with Gasteiger partial charge in [0, 0.05) is 27.7 Å². The Morgan fingerprint density at radius 3 is 2.31 bits per heavy atom. The predicted octanol–water partition coefficient (Wildman–Crippen LogP) is 6.14. The van der Waals surface area contributed by atoms with E-state index in [4.69, 9.17) is 23.2 Å². The van der Waals surface area contributed by atoms with Crippen LogP contribution in [0.25, 0.3) is 16.0 Å². The van der Waals surface area contributed by atoms with E-state index in [0.717, 1.165) is 11.3 Å². The summed E-state index contributed by atoms with van der Waals surface area (Å²) in [5, 5.41) is 23.4. The smallest absolute Gasteiger partial charge is 0.301 e. The second-order valence-electron chi connectivity index (χ2n) is 7.63. The molecule has 0 bridgehead atoms. The normalized spacial score (nSPS) is 17.3. The van der Waals surface area contributed by atoms with E-state index in [1.165, 1.54) is 41.3 Å². The van der Waals surface area contributed by atoms with Gasteiger partial charge in [-0.25, -0.2) is 4.98 Å². The zero-order valence-corrected chi connectivity index (χ0v) is 19.8. The molecule has 1 aliphatic rings. The number of fused-ring (bicyclic) bond motifs is 1. The third-order valence-corrected chi connectivity index (χ3v) is 7.03. The molecule has 1 unspecified atom stereocenters. The number of benzene rings is 3. The number of halogens is 2. The monoisotopic (exact) mass is 525 g/mol. The summed E-state index contributed by atoms with van der Waals surface area (Å²) >= 11 is 13.2. The highest BCUT2D eigenvalue weighted by molar-refractivity contribution is 7.22. The van der Waals surface area contributed by atoms with Crippen LogP contribution >= 0.6 is 34.5 Å². The summed E-state index contributed by atoms with van der Waals surface area (Å²) < 4.78 is 0.703. The van der Waals surface area contributed by atoms with Crippen molar-refractivity contribution in [1.29, 1.82) is 0 Å². The van der Waals surface area contributed by atoms with Crippen molar-refractivity contribution in [2.75, 3.05) is 4.90 Å². The highest BCUT2D eigenvalue weighted by Crippen LogP contribution is 2.44. The van der Waals surface area contributed by atoms with Gasteiger partial charge in [-0.2, -0.15) is 0 Å². The van der Waals surface area contributed by atoms with E-state index in [-0.39, 0.29) is 22.0 Å². The molecule has 1 fully saturated rings. The van der Waals surface area contributed by atoms with E-state index in [9.17, 15) is 24.8 Å². The summed E-state index contributed by atoms with van der Waals surface area (Å²) in [6.45, 7) is 0. The lowest BCUT2D eigenvalue weighted by atomic mass is 9.95. The van der Waals surface area contributed by atoms with Gasteiger partial charge in [-0.15, -0.1) is 0 Å². The predicted molar refractivity (Wildman–Crippen MR) is 134 cm³/mol. The van der Waals surface area contributed by atoms with Gasteiger partial charge in [0.05, 0.1) is 26.8 Å². The average Bonchev–Trinajstić information content (AvgIpc) is 3.37. The Bertz CT molecular complexity index is 1550. The topological polar surface area (TPSA) is 114 Å². The van der Waals surface area contributed by atoms with E-state index in [1.54, 1.807) is 30.3 Å². The fourth-order valence-corrected chi connectivity index (χ4v) is 5.27. The van der Waals surface area contributed by atoms with Crippen LogP contribution in [0.15, 0.2) is 72.3 Å².